The summed E-state index contributed by atoms with van der Waals surface area (Å²) in [5.41, 5.74) is 3.90. The summed E-state index contributed by atoms with van der Waals surface area (Å²) < 4.78 is 10.4. The van der Waals surface area contributed by atoms with Gasteiger partial charge in [0, 0.05) is 30.6 Å². The summed E-state index contributed by atoms with van der Waals surface area (Å²) in [5.74, 6) is 1.60. The average Bonchev–Trinajstić information content (AvgIpc) is 3.14. The van der Waals surface area contributed by atoms with E-state index in [1.807, 2.05) is 57.4 Å². The molecule has 7 nitrogen and oxygen atoms in total. The van der Waals surface area contributed by atoms with Crippen LogP contribution in [0.4, 0.5) is 5.69 Å². The highest BCUT2D eigenvalue weighted by molar-refractivity contribution is 5.91. The van der Waals surface area contributed by atoms with Crippen LogP contribution in [0.1, 0.15) is 23.4 Å². The Bertz CT molecular complexity index is 964. The zero-order chi connectivity index (χ0) is 20.8. The number of benzene rings is 2. The lowest BCUT2D eigenvalue weighted by Gasteiger charge is -2.13. The van der Waals surface area contributed by atoms with Crippen molar-refractivity contribution in [1.29, 1.82) is 0 Å². The average molecular weight is 394 g/mol. The molecule has 1 N–H and O–H groups in total. The highest BCUT2D eigenvalue weighted by Crippen LogP contribution is 2.20. The van der Waals surface area contributed by atoms with Gasteiger partial charge in [-0.3, -0.25) is 4.79 Å². The van der Waals surface area contributed by atoms with Gasteiger partial charge in [0.1, 0.15) is 5.75 Å². The number of carbonyl (C=O) groups excluding carboxylic acids is 1. The van der Waals surface area contributed by atoms with Crippen LogP contribution in [0.15, 0.2) is 47.0 Å². The SMILES string of the molecule is COc1ccc(-c2noc(CCC(=O)Nc3cc(C)cc(CN(C)C)c3)n2)cc1. The Morgan fingerprint density at radius 2 is 1.93 bits per heavy atom. The molecule has 0 radical (unpaired) electrons. The summed E-state index contributed by atoms with van der Waals surface area (Å²) >= 11 is 0. The van der Waals surface area contributed by atoms with Crippen molar-refractivity contribution in [3.05, 3.63) is 59.5 Å². The molecule has 0 fully saturated rings. The number of ether oxygens (including phenoxy) is 1. The lowest BCUT2D eigenvalue weighted by atomic mass is 10.1. The summed E-state index contributed by atoms with van der Waals surface area (Å²) in [4.78, 5) is 18.8. The molecule has 0 saturated carbocycles. The summed E-state index contributed by atoms with van der Waals surface area (Å²) in [5, 5.41) is 6.95. The quantitative estimate of drug-likeness (QED) is 0.628. The van der Waals surface area contributed by atoms with Crippen LogP contribution >= 0.6 is 0 Å². The Labute approximate surface area is 170 Å². The van der Waals surface area contributed by atoms with Gasteiger partial charge in [-0.15, -0.1) is 0 Å². The standard InChI is InChI=1S/C22H26N4O3/c1-15-11-16(14-26(2)3)13-18(12-15)23-20(27)9-10-21-24-22(25-29-21)17-5-7-19(28-4)8-6-17/h5-8,11-13H,9-10,14H2,1-4H3,(H,23,27). The van der Waals surface area contributed by atoms with Gasteiger partial charge in [0.2, 0.25) is 17.6 Å². The second-order valence-electron chi connectivity index (χ2n) is 7.23. The van der Waals surface area contributed by atoms with Gasteiger partial charge >= 0.3 is 0 Å². The van der Waals surface area contributed by atoms with Gasteiger partial charge in [0.05, 0.1) is 7.11 Å². The van der Waals surface area contributed by atoms with E-state index in [1.54, 1.807) is 7.11 Å². The molecule has 3 rings (SSSR count). The predicted molar refractivity (Wildman–Crippen MR) is 112 cm³/mol. The molecule has 0 atom stereocenters. The van der Waals surface area contributed by atoms with E-state index < -0.39 is 0 Å². The van der Waals surface area contributed by atoms with E-state index in [4.69, 9.17) is 9.26 Å². The number of hydrogen-bond donors (Lipinski definition) is 1. The summed E-state index contributed by atoms with van der Waals surface area (Å²) in [7, 11) is 5.66. The third kappa shape index (κ3) is 5.89. The molecule has 1 heterocycles. The van der Waals surface area contributed by atoms with Gasteiger partial charge < -0.3 is 19.5 Å². The van der Waals surface area contributed by atoms with Crippen molar-refractivity contribution in [2.24, 2.45) is 0 Å². The van der Waals surface area contributed by atoms with Crippen molar-refractivity contribution >= 4 is 11.6 Å². The number of nitrogens with zero attached hydrogens (tertiary/aromatic N) is 3. The van der Waals surface area contributed by atoms with Gasteiger partial charge in [0.15, 0.2) is 0 Å². The van der Waals surface area contributed by atoms with E-state index in [-0.39, 0.29) is 12.3 Å². The van der Waals surface area contributed by atoms with Crippen molar-refractivity contribution in [3.63, 3.8) is 0 Å². The Kier molecular flexibility index (Phi) is 6.61. The smallest absolute Gasteiger partial charge is 0.227 e. The Morgan fingerprint density at radius 3 is 2.62 bits per heavy atom. The molecule has 152 valence electrons. The monoisotopic (exact) mass is 394 g/mol. The number of carbonyl (C=O) groups is 1. The maximum atomic E-state index is 12.4. The van der Waals surface area contributed by atoms with Crippen LogP contribution in [0.25, 0.3) is 11.4 Å². The lowest BCUT2D eigenvalue weighted by molar-refractivity contribution is -0.116. The van der Waals surface area contributed by atoms with Crippen LogP contribution in [-0.4, -0.2) is 42.2 Å². The number of rotatable bonds is 8. The molecular formula is C22H26N4O3. The molecular weight excluding hydrogens is 368 g/mol. The van der Waals surface area contributed by atoms with Gasteiger partial charge in [-0.1, -0.05) is 11.2 Å². The van der Waals surface area contributed by atoms with Crippen LogP contribution in [0, 0.1) is 6.92 Å². The van der Waals surface area contributed by atoms with Crippen molar-refractivity contribution < 1.29 is 14.1 Å². The van der Waals surface area contributed by atoms with Crippen LogP contribution in [-0.2, 0) is 17.8 Å². The van der Waals surface area contributed by atoms with Crippen molar-refractivity contribution in [3.8, 4) is 17.1 Å². The Balaban J connectivity index is 1.57. The molecule has 0 saturated heterocycles. The summed E-state index contributed by atoms with van der Waals surface area (Å²) in [6.07, 6.45) is 0.645. The first kappa shape index (κ1) is 20.5. The number of aryl methyl sites for hydroxylation is 2. The Morgan fingerprint density at radius 1 is 1.17 bits per heavy atom. The fourth-order valence-electron chi connectivity index (χ4n) is 3.05. The molecule has 0 aliphatic rings. The number of hydrogen-bond acceptors (Lipinski definition) is 6. The number of anilines is 1. The number of methoxy groups -OCH3 is 1. The first-order chi connectivity index (χ1) is 13.9. The van der Waals surface area contributed by atoms with E-state index in [0.29, 0.717) is 18.1 Å². The topological polar surface area (TPSA) is 80.5 Å². The van der Waals surface area contributed by atoms with Crippen LogP contribution in [0.2, 0.25) is 0 Å². The van der Waals surface area contributed by atoms with Crippen molar-refractivity contribution in [2.45, 2.75) is 26.3 Å². The van der Waals surface area contributed by atoms with E-state index in [1.165, 1.54) is 0 Å². The number of nitrogens with one attached hydrogen (secondary N) is 1. The molecule has 0 aliphatic carbocycles. The minimum absolute atomic E-state index is 0.0874. The number of aromatic nitrogens is 2. The maximum absolute atomic E-state index is 12.4. The fraction of sp³-hybridized carbons (Fsp3) is 0.318. The number of amides is 1. The maximum Gasteiger partial charge on any atom is 0.227 e. The van der Waals surface area contributed by atoms with E-state index in [0.717, 1.165) is 34.7 Å². The molecule has 1 amide bonds. The van der Waals surface area contributed by atoms with Crippen LogP contribution < -0.4 is 10.1 Å². The lowest BCUT2D eigenvalue weighted by Crippen LogP contribution is -2.14. The van der Waals surface area contributed by atoms with E-state index >= 15 is 0 Å². The highest BCUT2D eigenvalue weighted by Gasteiger charge is 2.11. The molecule has 7 heteroatoms. The molecule has 0 aliphatic heterocycles. The first-order valence-corrected chi connectivity index (χ1v) is 9.45. The van der Waals surface area contributed by atoms with Crippen molar-refractivity contribution in [2.75, 3.05) is 26.5 Å². The molecule has 3 aromatic rings. The van der Waals surface area contributed by atoms with Gasteiger partial charge in [-0.25, -0.2) is 0 Å². The second kappa shape index (κ2) is 9.34. The minimum Gasteiger partial charge on any atom is -0.497 e. The minimum atomic E-state index is -0.0874. The highest BCUT2D eigenvalue weighted by atomic mass is 16.5. The zero-order valence-corrected chi connectivity index (χ0v) is 17.2. The largest absolute Gasteiger partial charge is 0.497 e. The van der Waals surface area contributed by atoms with Crippen LogP contribution in [0.5, 0.6) is 5.75 Å². The third-order valence-corrected chi connectivity index (χ3v) is 4.30. The summed E-state index contributed by atoms with van der Waals surface area (Å²) in [6, 6.07) is 13.5. The fourth-order valence-corrected chi connectivity index (χ4v) is 3.05. The van der Waals surface area contributed by atoms with Crippen molar-refractivity contribution in [1.82, 2.24) is 15.0 Å². The van der Waals surface area contributed by atoms with Crippen LogP contribution in [0.3, 0.4) is 0 Å². The second-order valence-corrected chi connectivity index (χ2v) is 7.23. The molecule has 0 bridgehead atoms. The van der Waals surface area contributed by atoms with E-state index in [9.17, 15) is 4.79 Å². The molecule has 1 aromatic heterocycles. The predicted octanol–water partition coefficient (Wildman–Crippen LogP) is 3.69. The van der Waals surface area contributed by atoms with Gasteiger partial charge in [-0.05, 0) is 68.5 Å². The first-order valence-electron chi connectivity index (χ1n) is 9.45. The molecule has 2 aromatic carbocycles. The third-order valence-electron chi connectivity index (χ3n) is 4.30. The zero-order valence-electron chi connectivity index (χ0n) is 17.2. The normalized spacial score (nSPS) is 10.9. The molecule has 0 unspecified atom stereocenters. The van der Waals surface area contributed by atoms with Gasteiger partial charge in [0.25, 0.3) is 0 Å². The van der Waals surface area contributed by atoms with Gasteiger partial charge in [-0.2, -0.15) is 4.98 Å². The molecule has 29 heavy (non-hydrogen) atoms. The Hall–Kier alpha value is -3.19. The molecule has 0 spiro atoms. The van der Waals surface area contributed by atoms with E-state index in [2.05, 4.69) is 26.4 Å². The summed E-state index contributed by atoms with van der Waals surface area (Å²) in [6.45, 7) is 2.84.